The smallest absolute Gasteiger partial charge is 0.250 e. The van der Waals surface area contributed by atoms with Gasteiger partial charge in [-0.2, -0.15) is 0 Å². The van der Waals surface area contributed by atoms with Crippen molar-refractivity contribution in [1.29, 1.82) is 0 Å². The molecule has 3 aromatic heterocycles. The van der Waals surface area contributed by atoms with Crippen LogP contribution in [-0.4, -0.2) is 22.8 Å². The van der Waals surface area contributed by atoms with Crippen molar-refractivity contribution in [2.45, 2.75) is 10.8 Å². The Morgan fingerprint density at radius 2 is 2.08 bits per heavy atom. The number of halogens is 1. The number of nitrogens with zero attached hydrogens (tertiary/aromatic N) is 3. The number of hydrogen-bond donors (Lipinski definition) is 1. The van der Waals surface area contributed by atoms with Gasteiger partial charge in [-0.15, -0.1) is 11.3 Å². The van der Waals surface area contributed by atoms with Crippen molar-refractivity contribution >= 4 is 27.0 Å². The molecule has 0 amide bonds. The minimum absolute atomic E-state index is 0.0979. The highest BCUT2D eigenvalue weighted by Gasteiger charge is 2.18. The first-order valence-corrected chi connectivity index (χ1v) is 9.94. The summed E-state index contributed by atoms with van der Waals surface area (Å²) in [7, 11) is -3.68. The first kappa shape index (κ1) is 16.8. The fourth-order valence-corrected chi connectivity index (χ4v) is 4.87. The van der Waals surface area contributed by atoms with E-state index in [-0.39, 0.29) is 16.6 Å². The third-order valence-electron chi connectivity index (χ3n) is 3.79. The third kappa shape index (κ3) is 3.24. The molecule has 4 aromatic rings. The molecule has 26 heavy (non-hydrogen) atoms. The molecule has 0 aliphatic rings. The topological polar surface area (TPSA) is 76.4 Å². The van der Waals surface area contributed by atoms with Crippen molar-refractivity contribution in [3.8, 4) is 10.4 Å². The highest BCUT2D eigenvalue weighted by atomic mass is 32.2. The van der Waals surface area contributed by atoms with Gasteiger partial charge in [-0.25, -0.2) is 22.5 Å². The maximum Gasteiger partial charge on any atom is 0.250 e. The Morgan fingerprint density at radius 3 is 2.92 bits per heavy atom. The maximum atomic E-state index is 13.4. The highest BCUT2D eigenvalue weighted by molar-refractivity contribution is 7.91. The van der Waals surface area contributed by atoms with Crippen LogP contribution in [0, 0.1) is 5.82 Å². The summed E-state index contributed by atoms with van der Waals surface area (Å²) in [6.07, 6.45) is 6.53. The van der Waals surface area contributed by atoms with E-state index in [1.807, 2.05) is 0 Å². The lowest BCUT2D eigenvalue weighted by atomic mass is 10.2. The molecule has 1 N–H and O–H groups in total. The van der Waals surface area contributed by atoms with Crippen LogP contribution in [0.15, 0.2) is 65.4 Å². The van der Waals surface area contributed by atoms with Gasteiger partial charge in [-0.1, -0.05) is 12.1 Å². The second kappa shape index (κ2) is 6.60. The summed E-state index contributed by atoms with van der Waals surface area (Å²) in [5.74, 6) is -0.361. The van der Waals surface area contributed by atoms with Gasteiger partial charge >= 0.3 is 0 Å². The van der Waals surface area contributed by atoms with Gasteiger partial charge in [0.2, 0.25) is 10.0 Å². The molecule has 132 valence electrons. The molecule has 0 radical (unpaired) electrons. The lowest BCUT2D eigenvalue weighted by molar-refractivity contribution is 0.582. The number of imidazole rings is 1. The maximum absolute atomic E-state index is 13.4. The molecule has 3 heterocycles. The molecule has 0 saturated carbocycles. The fourth-order valence-electron chi connectivity index (χ4n) is 2.53. The Balaban J connectivity index is 1.55. The number of hydrogen-bond acceptors (Lipinski definition) is 5. The van der Waals surface area contributed by atoms with Gasteiger partial charge < -0.3 is 0 Å². The summed E-state index contributed by atoms with van der Waals surface area (Å²) >= 11 is 1.09. The molecular weight excluding hydrogens is 375 g/mol. The quantitative estimate of drug-likeness (QED) is 0.570. The first-order valence-electron chi connectivity index (χ1n) is 7.64. The van der Waals surface area contributed by atoms with Gasteiger partial charge in [0, 0.05) is 17.3 Å². The number of benzene rings is 1. The van der Waals surface area contributed by atoms with E-state index in [1.54, 1.807) is 47.4 Å². The molecule has 6 nitrogen and oxygen atoms in total. The molecule has 0 spiro atoms. The molecule has 0 aliphatic carbocycles. The van der Waals surface area contributed by atoms with Gasteiger partial charge in [0.25, 0.3) is 0 Å². The van der Waals surface area contributed by atoms with Crippen molar-refractivity contribution in [3.05, 3.63) is 72.7 Å². The van der Waals surface area contributed by atoms with Gasteiger partial charge in [0.1, 0.15) is 10.0 Å². The minimum atomic E-state index is -3.68. The summed E-state index contributed by atoms with van der Waals surface area (Å²) in [4.78, 5) is 8.84. The summed E-state index contributed by atoms with van der Waals surface area (Å²) in [6.45, 7) is 0.0979. The second-order valence-electron chi connectivity index (χ2n) is 5.51. The van der Waals surface area contributed by atoms with Gasteiger partial charge in [-0.3, -0.25) is 9.38 Å². The van der Waals surface area contributed by atoms with Gasteiger partial charge in [0.05, 0.1) is 24.6 Å². The first-order chi connectivity index (χ1) is 12.5. The Kier molecular flexibility index (Phi) is 4.27. The number of fused-ring (bicyclic) bond motifs is 1. The molecule has 0 fully saturated rings. The van der Waals surface area contributed by atoms with Crippen LogP contribution in [0.25, 0.3) is 16.1 Å². The molecule has 0 aliphatic heterocycles. The predicted octanol–water partition coefficient (Wildman–Crippen LogP) is 3.08. The van der Waals surface area contributed by atoms with Crippen molar-refractivity contribution in [1.82, 2.24) is 19.1 Å². The summed E-state index contributed by atoms with van der Waals surface area (Å²) in [5, 5.41) is 0. The standard InChI is InChI=1S/C17H13FN4O2S2/c18-13-3-1-2-12(8-13)15-4-5-17(25-15)26(23,24)21-10-14-9-20-16-11-19-6-7-22(14)16/h1-9,11,21H,10H2. The van der Waals surface area contributed by atoms with Gasteiger partial charge in [0.15, 0.2) is 5.65 Å². The van der Waals surface area contributed by atoms with Crippen molar-refractivity contribution in [2.75, 3.05) is 0 Å². The largest absolute Gasteiger partial charge is 0.300 e. The lowest BCUT2D eigenvalue weighted by Gasteiger charge is -2.04. The number of sulfonamides is 1. The zero-order valence-corrected chi connectivity index (χ0v) is 15.0. The van der Waals surface area contributed by atoms with Crippen LogP contribution in [0.1, 0.15) is 5.69 Å². The molecule has 1 aromatic carbocycles. The molecule has 4 rings (SSSR count). The molecule has 0 bridgehead atoms. The Labute approximate surface area is 153 Å². The monoisotopic (exact) mass is 388 g/mol. The summed E-state index contributed by atoms with van der Waals surface area (Å²) < 4.78 is 43.0. The Morgan fingerprint density at radius 1 is 1.19 bits per heavy atom. The number of thiophene rings is 1. The zero-order valence-electron chi connectivity index (χ0n) is 13.3. The average Bonchev–Trinajstić information content (AvgIpc) is 3.28. The normalized spacial score (nSPS) is 11.9. The van der Waals surface area contributed by atoms with E-state index in [0.717, 1.165) is 11.3 Å². The van der Waals surface area contributed by atoms with Crippen LogP contribution < -0.4 is 4.72 Å². The molecule has 9 heteroatoms. The van der Waals surface area contributed by atoms with Crippen LogP contribution in [0.5, 0.6) is 0 Å². The van der Waals surface area contributed by atoms with E-state index in [2.05, 4.69) is 14.7 Å². The van der Waals surface area contributed by atoms with E-state index in [1.165, 1.54) is 18.2 Å². The van der Waals surface area contributed by atoms with Crippen LogP contribution in [0.3, 0.4) is 0 Å². The average molecular weight is 388 g/mol. The number of aromatic nitrogens is 3. The molecular formula is C17H13FN4O2S2. The van der Waals surface area contributed by atoms with Crippen molar-refractivity contribution < 1.29 is 12.8 Å². The highest BCUT2D eigenvalue weighted by Crippen LogP contribution is 2.31. The molecule has 0 saturated heterocycles. The van der Waals surface area contributed by atoms with Crippen molar-refractivity contribution in [2.24, 2.45) is 0 Å². The summed E-state index contributed by atoms with van der Waals surface area (Å²) in [6, 6.07) is 9.25. The Bertz CT molecular complexity index is 1180. The van der Waals surface area contributed by atoms with E-state index < -0.39 is 10.0 Å². The van der Waals surface area contributed by atoms with E-state index in [0.29, 0.717) is 21.8 Å². The van der Waals surface area contributed by atoms with Crippen LogP contribution >= 0.6 is 11.3 Å². The van der Waals surface area contributed by atoms with E-state index in [9.17, 15) is 12.8 Å². The second-order valence-corrected chi connectivity index (χ2v) is 8.59. The Hall–Kier alpha value is -2.62. The molecule has 0 unspecified atom stereocenters. The third-order valence-corrected chi connectivity index (χ3v) is 6.82. The SMILES string of the molecule is O=S(=O)(NCc1cnc2cnccn12)c1ccc(-c2cccc(F)c2)s1. The number of nitrogens with one attached hydrogen (secondary N) is 1. The minimum Gasteiger partial charge on any atom is -0.300 e. The zero-order chi connectivity index (χ0) is 18.1. The lowest BCUT2D eigenvalue weighted by Crippen LogP contribution is -2.23. The fraction of sp³-hybridized carbons (Fsp3) is 0.0588. The summed E-state index contributed by atoms with van der Waals surface area (Å²) in [5.41, 5.74) is 1.99. The van der Waals surface area contributed by atoms with Crippen LogP contribution in [0.2, 0.25) is 0 Å². The molecule has 0 atom stereocenters. The van der Waals surface area contributed by atoms with E-state index >= 15 is 0 Å². The number of rotatable bonds is 5. The van der Waals surface area contributed by atoms with Crippen LogP contribution in [0.4, 0.5) is 4.39 Å². The van der Waals surface area contributed by atoms with E-state index in [4.69, 9.17) is 0 Å². The van der Waals surface area contributed by atoms with Gasteiger partial charge in [-0.05, 0) is 29.8 Å². The van der Waals surface area contributed by atoms with Crippen LogP contribution in [-0.2, 0) is 16.6 Å². The predicted molar refractivity (Wildman–Crippen MR) is 96.7 cm³/mol. The van der Waals surface area contributed by atoms with Crippen molar-refractivity contribution in [3.63, 3.8) is 0 Å².